The average molecular weight is 486 g/mol. The van der Waals surface area contributed by atoms with Crippen molar-refractivity contribution in [1.29, 1.82) is 0 Å². The van der Waals surface area contributed by atoms with Crippen molar-refractivity contribution >= 4 is 35.0 Å². The molecule has 3 rings (SSSR count). The van der Waals surface area contributed by atoms with Crippen molar-refractivity contribution in [3.8, 4) is 5.75 Å². The summed E-state index contributed by atoms with van der Waals surface area (Å²) in [6.45, 7) is 4.27. The summed E-state index contributed by atoms with van der Waals surface area (Å²) < 4.78 is 5.56. The predicted octanol–water partition coefficient (Wildman–Crippen LogP) is 4.49. The molecule has 1 aliphatic heterocycles. The number of nitrogens with zero attached hydrogens (tertiary/aromatic N) is 1. The van der Waals surface area contributed by atoms with E-state index < -0.39 is 12.0 Å². The van der Waals surface area contributed by atoms with Crippen LogP contribution in [0.5, 0.6) is 5.75 Å². The number of halogens is 1. The number of methoxy groups -OCH3 is 1. The van der Waals surface area contributed by atoms with Crippen molar-refractivity contribution in [2.75, 3.05) is 25.5 Å². The number of para-hydroxylation sites is 1. The molecule has 1 aliphatic rings. The summed E-state index contributed by atoms with van der Waals surface area (Å²) in [6, 6.07) is 12.3. The van der Waals surface area contributed by atoms with Crippen LogP contribution in [-0.4, -0.2) is 42.8 Å². The first-order valence-corrected chi connectivity index (χ1v) is 12.0. The van der Waals surface area contributed by atoms with E-state index in [9.17, 15) is 14.4 Å². The zero-order valence-electron chi connectivity index (χ0n) is 19.9. The molecule has 2 N–H and O–H groups in total. The van der Waals surface area contributed by atoms with E-state index in [2.05, 4.69) is 17.6 Å². The highest BCUT2D eigenvalue weighted by Gasteiger charge is 2.41. The summed E-state index contributed by atoms with van der Waals surface area (Å²) in [5.74, 6) is -0.435. The normalized spacial score (nSPS) is 17.9. The first-order valence-electron chi connectivity index (χ1n) is 11.6. The van der Waals surface area contributed by atoms with E-state index in [0.29, 0.717) is 35.8 Å². The monoisotopic (exact) mass is 485 g/mol. The molecule has 0 aromatic heterocycles. The molecular formula is C26H32ClN3O4. The molecule has 2 aromatic carbocycles. The van der Waals surface area contributed by atoms with Gasteiger partial charge in [-0.3, -0.25) is 14.4 Å². The minimum Gasteiger partial charge on any atom is -0.496 e. The third kappa shape index (κ3) is 5.89. The Morgan fingerprint density at radius 1 is 1.18 bits per heavy atom. The van der Waals surface area contributed by atoms with E-state index in [1.807, 2.05) is 31.2 Å². The van der Waals surface area contributed by atoms with Crippen LogP contribution in [0.25, 0.3) is 0 Å². The van der Waals surface area contributed by atoms with Gasteiger partial charge in [-0.15, -0.1) is 0 Å². The first kappa shape index (κ1) is 25.6. The number of nitrogens with one attached hydrogen (secondary N) is 2. The minimum absolute atomic E-state index is 0.0302. The SMILES string of the molecule is CCCCN1C(=O)CCC(C(=O)NCC(=O)Nc2cccc(Cl)c2C)C1c1ccccc1OC. The third-order valence-corrected chi connectivity index (χ3v) is 6.63. The molecule has 0 radical (unpaired) electrons. The van der Waals surface area contributed by atoms with Crippen molar-refractivity contribution in [2.45, 2.75) is 45.6 Å². The van der Waals surface area contributed by atoms with Crippen molar-refractivity contribution in [2.24, 2.45) is 5.92 Å². The Morgan fingerprint density at radius 2 is 1.94 bits per heavy atom. The van der Waals surface area contributed by atoms with E-state index in [0.717, 1.165) is 24.0 Å². The second-order valence-corrected chi connectivity index (χ2v) is 8.86. The van der Waals surface area contributed by atoms with Gasteiger partial charge in [-0.05, 0) is 43.5 Å². The van der Waals surface area contributed by atoms with Crippen molar-refractivity contribution in [3.63, 3.8) is 0 Å². The van der Waals surface area contributed by atoms with Crippen LogP contribution in [0.15, 0.2) is 42.5 Å². The molecule has 7 nitrogen and oxygen atoms in total. The quantitative estimate of drug-likeness (QED) is 0.547. The molecule has 2 unspecified atom stereocenters. The fourth-order valence-electron chi connectivity index (χ4n) is 4.35. The number of likely N-dealkylation sites (tertiary alicyclic amines) is 1. The van der Waals surface area contributed by atoms with Gasteiger partial charge in [-0.25, -0.2) is 0 Å². The molecule has 1 saturated heterocycles. The van der Waals surface area contributed by atoms with Gasteiger partial charge in [0.25, 0.3) is 0 Å². The lowest BCUT2D eigenvalue weighted by Crippen LogP contribution is -2.49. The van der Waals surface area contributed by atoms with Crippen LogP contribution in [0.3, 0.4) is 0 Å². The fraction of sp³-hybridized carbons (Fsp3) is 0.423. The summed E-state index contributed by atoms with van der Waals surface area (Å²) >= 11 is 6.12. The number of unbranched alkanes of at least 4 members (excludes halogenated alkanes) is 1. The van der Waals surface area contributed by atoms with E-state index in [1.165, 1.54) is 0 Å². The van der Waals surface area contributed by atoms with E-state index in [4.69, 9.17) is 16.3 Å². The van der Waals surface area contributed by atoms with Gasteiger partial charge in [0.15, 0.2) is 0 Å². The van der Waals surface area contributed by atoms with Gasteiger partial charge in [0.1, 0.15) is 5.75 Å². The number of hydrogen-bond donors (Lipinski definition) is 2. The molecule has 1 heterocycles. The van der Waals surface area contributed by atoms with Gasteiger partial charge in [0, 0.05) is 29.2 Å². The molecule has 3 amide bonds. The number of amides is 3. The molecule has 2 atom stereocenters. The van der Waals surface area contributed by atoms with Gasteiger partial charge >= 0.3 is 0 Å². The van der Waals surface area contributed by atoms with E-state index in [-0.39, 0.29) is 24.3 Å². The summed E-state index contributed by atoms with van der Waals surface area (Å²) in [7, 11) is 1.58. The van der Waals surface area contributed by atoms with Crippen molar-refractivity contribution in [1.82, 2.24) is 10.2 Å². The number of rotatable bonds is 9. The predicted molar refractivity (Wildman–Crippen MR) is 133 cm³/mol. The highest BCUT2D eigenvalue weighted by molar-refractivity contribution is 6.31. The van der Waals surface area contributed by atoms with Crippen LogP contribution in [0.1, 0.15) is 49.8 Å². The van der Waals surface area contributed by atoms with Crippen LogP contribution >= 0.6 is 11.6 Å². The van der Waals surface area contributed by atoms with Crippen molar-refractivity contribution in [3.05, 3.63) is 58.6 Å². The van der Waals surface area contributed by atoms with Gasteiger partial charge in [0.2, 0.25) is 17.7 Å². The summed E-state index contributed by atoms with van der Waals surface area (Å²) in [6.07, 6.45) is 2.47. The first-order chi connectivity index (χ1) is 16.4. The Bertz CT molecular complexity index is 1040. The zero-order chi connectivity index (χ0) is 24.7. The molecule has 2 aromatic rings. The molecule has 8 heteroatoms. The number of carbonyl (C=O) groups excluding carboxylic acids is 3. The number of hydrogen-bond acceptors (Lipinski definition) is 4. The lowest BCUT2D eigenvalue weighted by molar-refractivity contribution is -0.144. The lowest BCUT2D eigenvalue weighted by atomic mass is 9.83. The van der Waals surface area contributed by atoms with Gasteiger partial charge in [-0.1, -0.05) is 49.2 Å². The molecule has 1 fully saturated rings. The second kappa shape index (κ2) is 11.9. The summed E-state index contributed by atoms with van der Waals surface area (Å²) in [4.78, 5) is 40.5. The maximum Gasteiger partial charge on any atom is 0.243 e. The van der Waals surface area contributed by atoms with Gasteiger partial charge in [0.05, 0.1) is 25.6 Å². The van der Waals surface area contributed by atoms with Gasteiger partial charge < -0.3 is 20.3 Å². The van der Waals surface area contributed by atoms with Crippen LogP contribution < -0.4 is 15.4 Å². The molecule has 182 valence electrons. The summed E-state index contributed by atoms with van der Waals surface area (Å²) in [5.41, 5.74) is 2.17. The Labute approximate surface area is 205 Å². The minimum atomic E-state index is -0.494. The number of anilines is 1. The molecule has 34 heavy (non-hydrogen) atoms. The molecule has 0 spiro atoms. The van der Waals surface area contributed by atoms with Gasteiger partial charge in [-0.2, -0.15) is 0 Å². The highest BCUT2D eigenvalue weighted by atomic mass is 35.5. The smallest absolute Gasteiger partial charge is 0.243 e. The number of piperidine rings is 1. The molecule has 0 aliphatic carbocycles. The van der Waals surface area contributed by atoms with Crippen LogP contribution in [-0.2, 0) is 14.4 Å². The average Bonchev–Trinajstić information content (AvgIpc) is 2.84. The molecule has 0 saturated carbocycles. The number of benzene rings is 2. The zero-order valence-corrected chi connectivity index (χ0v) is 20.7. The van der Waals surface area contributed by atoms with Crippen molar-refractivity contribution < 1.29 is 19.1 Å². The molecule has 0 bridgehead atoms. The molecular weight excluding hydrogens is 454 g/mol. The van der Waals surface area contributed by atoms with E-state index in [1.54, 1.807) is 30.2 Å². The Morgan fingerprint density at radius 3 is 2.68 bits per heavy atom. The maximum absolute atomic E-state index is 13.3. The summed E-state index contributed by atoms with van der Waals surface area (Å²) in [5, 5.41) is 6.12. The van der Waals surface area contributed by atoms with Crippen LogP contribution in [0.4, 0.5) is 5.69 Å². The second-order valence-electron chi connectivity index (χ2n) is 8.45. The van der Waals surface area contributed by atoms with E-state index >= 15 is 0 Å². The largest absolute Gasteiger partial charge is 0.496 e. The van der Waals surface area contributed by atoms with Crippen LogP contribution in [0, 0.1) is 12.8 Å². The lowest BCUT2D eigenvalue weighted by Gasteiger charge is -2.41. The topological polar surface area (TPSA) is 87.7 Å². The fourth-order valence-corrected chi connectivity index (χ4v) is 4.53. The Hall–Kier alpha value is -3.06. The highest BCUT2D eigenvalue weighted by Crippen LogP contribution is 2.40. The number of ether oxygens (including phenoxy) is 1. The van der Waals surface area contributed by atoms with Crippen LogP contribution in [0.2, 0.25) is 5.02 Å². The standard InChI is InChI=1S/C26H32ClN3O4/c1-4-5-15-30-24(32)14-13-19(25(30)18-9-6-7-12-22(18)34-3)26(33)28-16-23(31)29-21-11-8-10-20(27)17(21)2/h6-12,19,25H,4-5,13-16H2,1-3H3,(H,28,33)(H,29,31). The Balaban J connectivity index is 1.78. The third-order valence-electron chi connectivity index (χ3n) is 6.22. The number of carbonyl (C=O) groups is 3. The maximum atomic E-state index is 13.3. The Kier molecular flexibility index (Phi) is 8.93.